The number of hydrogen-bond acceptors (Lipinski definition) is 0. The number of benzene rings is 5. The third-order valence-electron chi connectivity index (χ3n) is 8.21. The lowest BCUT2D eigenvalue weighted by Gasteiger charge is -2.25. The summed E-state index contributed by atoms with van der Waals surface area (Å²) in [6.45, 7) is 4.69. The molecular formula is C36H34. The maximum Gasteiger partial charge on any atom is 0.00357 e. The van der Waals surface area contributed by atoms with Gasteiger partial charge in [0, 0.05) is 5.92 Å². The second-order valence-electron chi connectivity index (χ2n) is 10.5. The molecule has 0 aromatic heterocycles. The van der Waals surface area contributed by atoms with Gasteiger partial charge in [0.2, 0.25) is 0 Å². The molecule has 4 bridgehead atoms. The van der Waals surface area contributed by atoms with Gasteiger partial charge in [-0.25, -0.2) is 0 Å². The Morgan fingerprint density at radius 2 is 1.14 bits per heavy atom. The first-order valence-electron chi connectivity index (χ1n) is 13.4. The number of rotatable bonds is 2. The molecule has 0 unspecified atom stereocenters. The molecule has 2 atom stereocenters. The predicted molar refractivity (Wildman–Crippen MR) is 156 cm³/mol. The first-order valence-corrected chi connectivity index (χ1v) is 13.4. The lowest BCUT2D eigenvalue weighted by Crippen LogP contribution is -2.06. The minimum atomic E-state index is 0.334. The van der Waals surface area contributed by atoms with Crippen molar-refractivity contribution < 1.29 is 0 Å². The van der Waals surface area contributed by atoms with E-state index in [1.807, 2.05) is 0 Å². The van der Waals surface area contributed by atoms with E-state index >= 15 is 0 Å². The second-order valence-corrected chi connectivity index (χ2v) is 10.5. The van der Waals surface area contributed by atoms with Crippen LogP contribution < -0.4 is 0 Å². The molecule has 0 radical (unpaired) electrons. The van der Waals surface area contributed by atoms with Crippen LogP contribution in [0.1, 0.15) is 66.3 Å². The highest BCUT2D eigenvalue weighted by atomic mass is 14.2. The van der Waals surface area contributed by atoms with Crippen LogP contribution in [0.4, 0.5) is 0 Å². The Bertz CT molecular complexity index is 1550. The molecule has 0 spiro atoms. The monoisotopic (exact) mass is 466 g/mol. The molecule has 0 saturated heterocycles. The third kappa shape index (κ3) is 4.26. The van der Waals surface area contributed by atoms with E-state index in [9.17, 15) is 0 Å². The first kappa shape index (κ1) is 22.8. The Morgan fingerprint density at radius 3 is 1.78 bits per heavy atom. The van der Waals surface area contributed by atoms with E-state index in [0.717, 1.165) is 19.3 Å². The maximum absolute atomic E-state index is 2.52. The van der Waals surface area contributed by atoms with Crippen LogP contribution in [-0.2, 0) is 12.8 Å². The number of hydrogen-bond donors (Lipinski definition) is 0. The summed E-state index contributed by atoms with van der Waals surface area (Å²) in [7, 11) is 0. The van der Waals surface area contributed by atoms with Crippen LogP contribution in [0.2, 0.25) is 0 Å². The SMILES string of the molecule is C/C(=C\[C@@H]1C[C@@H](C)c2ccc(c3ccccc23)CCCc2ccc1c1ccccc21)c1ccccc1. The first-order chi connectivity index (χ1) is 17.7. The molecule has 0 heteroatoms. The number of allylic oxidation sites excluding steroid dienone is 2. The molecule has 6 rings (SSSR count). The van der Waals surface area contributed by atoms with Crippen molar-refractivity contribution in [3.63, 3.8) is 0 Å². The minimum Gasteiger partial charge on any atom is -0.0734 e. The molecule has 0 saturated carbocycles. The van der Waals surface area contributed by atoms with Gasteiger partial charge in [0.15, 0.2) is 0 Å². The average Bonchev–Trinajstić information content (AvgIpc) is 2.93. The highest BCUT2D eigenvalue weighted by Crippen LogP contribution is 2.40. The normalized spacial score (nSPS) is 18.6. The largest absolute Gasteiger partial charge is 0.0734 e. The summed E-state index contributed by atoms with van der Waals surface area (Å²) < 4.78 is 0. The fraction of sp³-hybridized carbons (Fsp3) is 0.222. The van der Waals surface area contributed by atoms with Gasteiger partial charge >= 0.3 is 0 Å². The quantitative estimate of drug-likeness (QED) is 0.243. The molecule has 1 aliphatic rings. The molecule has 5 aromatic rings. The van der Waals surface area contributed by atoms with Crippen LogP contribution in [-0.4, -0.2) is 0 Å². The maximum atomic E-state index is 2.52. The number of aryl methyl sites for hydroxylation is 2. The lowest BCUT2D eigenvalue weighted by molar-refractivity contribution is 0.635. The average molecular weight is 467 g/mol. The molecule has 0 N–H and O–H groups in total. The molecule has 5 aromatic carbocycles. The highest BCUT2D eigenvalue weighted by molar-refractivity contribution is 5.91. The minimum absolute atomic E-state index is 0.334. The van der Waals surface area contributed by atoms with Gasteiger partial charge in [-0.05, 0) is 93.5 Å². The van der Waals surface area contributed by atoms with Crippen molar-refractivity contribution in [2.45, 2.75) is 51.4 Å². The fourth-order valence-electron chi connectivity index (χ4n) is 6.32. The zero-order valence-electron chi connectivity index (χ0n) is 21.4. The van der Waals surface area contributed by atoms with E-state index in [-0.39, 0.29) is 0 Å². The molecule has 178 valence electrons. The summed E-state index contributed by atoms with van der Waals surface area (Å²) in [5.41, 5.74) is 8.54. The third-order valence-corrected chi connectivity index (χ3v) is 8.21. The Hall–Kier alpha value is -3.64. The Kier molecular flexibility index (Phi) is 6.20. The van der Waals surface area contributed by atoms with Gasteiger partial charge < -0.3 is 0 Å². The van der Waals surface area contributed by atoms with E-state index in [1.54, 1.807) is 0 Å². The van der Waals surface area contributed by atoms with Crippen molar-refractivity contribution in [3.8, 4) is 0 Å². The molecule has 36 heavy (non-hydrogen) atoms. The van der Waals surface area contributed by atoms with Crippen molar-refractivity contribution in [1.82, 2.24) is 0 Å². The van der Waals surface area contributed by atoms with Gasteiger partial charge in [-0.3, -0.25) is 0 Å². The van der Waals surface area contributed by atoms with E-state index < -0.39 is 0 Å². The van der Waals surface area contributed by atoms with Crippen molar-refractivity contribution in [1.29, 1.82) is 0 Å². The molecule has 0 heterocycles. The zero-order valence-corrected chi connectivity index (χ0v) is 21.4. The standard InChI is InChI=1S/C36H34/c1-25(27-11-4-3-5-12-27)23-30-24-26(2)31-21-19-28(32-15-6-8-17-35(31)32)13-10-14-29-20-22-34(30)36-18-9-7-16-33(29)36/h3-9,11-12,15-23,26,30H,10,13-14,24H2,1-2H3/b25-23+/t26-,30-/m1/s1. The molecule has 0 aliphatic heterocycles. The predicted octanol–water partition coefficient (Wildman–Crippen LogP) is 9.86. The van der Waals surface area contributed by atoms with E-state index in [4.69, 9.17) is 0 Å². The Balaban J connectivity index is 1.55. The van der Waals surface area contributed by atoms with Gasteiger partial charge in [-0.15, -0.1) is 0 Å². The van der Waals surface area contributed by atoms with Crippen molar-refractivity contribution >= 4 is 27.1 Å². The molecule has 0 amide bonds. The van der Waals surface area contributed by atoms with E-state index in [1.165, 1.54) is 61.4 Å². The summed E-state index contributed by atoms with van der Waals surface area (Å²) in [6, 6.07) is 38.6. The van der Waals surface area contributed by atoms with Crippen molar-refractivity contribution in [2.24, 2.45) is 0 Å². The Labute approximate surface area is 215 Å². The summed E-state index contributed by atoms with van der Waals surface area (Å²) in [4.78, 5) is 0. The van der Waals surface area contributed by atoms with Crippen LogP contribution in [0.5, 0.6) is 0 Å². The smallest absolute Gasteiger partial charge is 0.00357 e. The number of fused-ring (bicyclic) bond motifs is 12. The van der Waals surface area contributed by atoms with Gasteiger partial charge in [-0.1, -0.05) is 116 Å². The summed E-state index contributed by atoms with van der Waals surface area (Å²) in [6.07, 6.45) is 6.99. The van der Waals surface area contributed by atoms with E-state index in [2.05, 4.69) is 123 Å². The topological polar surface area (TPSA) is 0 Å². The summed E-state index contributed by atoms with van der Waals surface area (Å²) in [5.74, 6) is 0.774. The molecule has 1 aliphatic carbocycles. The lowest BCUT2D eigenvalue weighted by atomic mass is 9.80. The zero-order chi connectivity index (χ0) is 24.5. The van der Waals surface area contributed by atoms with Gasteiger partial charge in [-0.2, -0.15) is 0 Å². The highest BCUT2D eigenvalue weighted by Gasteiger charge is 2.21. The van der Waals surface area contributed by atoms with Crippen molar-refractivity contribution in [3.05, 3.63) is 137 Å². The van der Waals surface area contributed by atoms with Crippen LogP contribution in [0.3, 0.4) is 0 Å². The van der Waals surface area contributed by atoms with Gasteiger partial charge in [0.05, 0.1) is 0 Å². The Morgan fingerprint density at radius 1 is 0.611 bits per heavy atom. The van der Waals surface area contributed by atoms with Crippen LogP contribution in [0.25, 0.3) is 27.1 Å². The van der Waals surface area contributed by atoms with Crippen LogP contribution >= 0.6 is 0 Å². The molecule has 0 nitrogen and oxygen atoms in total. The van der Waals surface area contributed by atoms with Crippen LogP contribution in [0, 0.1) is 0 Å². The molecule has 0 fully saturated rings. The van der Waals surface area contributed by atoms with E-state index in [0.29, 0.717) is 11.8 Å². The molecular weight excluding hydrogens is 432 g/mol. The summed E-state index contributed by atoms with van der Waals surface area (Å²) >= 11 is 0. The van der Waals surface area contributed by atoms with Gasteiger partial charge in [0.1, 0.15) is 0 Å². The van der Waals surface area contributed by atoms with Crippen LogP contribution in [0.15, 0.2) is 109 Å². The van der Waals surface area contributed by atoms with Crippen molar-refractivity contribution in [2.75, 3.05) is 0 Å². The summed E-state index contributed by atoms with van der Waals surface area (Å²) in [5, 5.41) is 5.71. The second kappa shape index (κ2) is 9.78. The van der Waals surface area contributed by atoms with Gasteiger partial charge in [0.25, 0.3) is 0 Å². The fourth-order valence-corrected chi connectivity index (χ4v) is 6.32.